The van der Waals surface area contributed by atoms with E-state index in [0.29, 0.717) is 0 Å². The van der Waals surface area contributed by atoms with Crippen molar-refractivity contribution in [2.45, 2.75) is 6.18 Å². The number of benzene rings is 1. The molecule has 0 spiro atoms. The first kappa shape index (κ1) is 12.6. The average molecular weight is 251 g/mol. The largest absolute Gasteiger partial charge is 0.422 e. The standard InChI is InChI=1S/C10H6ClF3O2/c1-6(11)9(15)16-8-4-2-7(3-5-8)10(12,13)14/h2-5H,1H2. The van der Waals surface area contributed by atoms with Crippen LogP contribution in [-0.4, -0.2) is 5.97 Å². The third kappa shape index (κ3) is 3.27. The van der Waals surface area contributed by atoms with Gasteiger partial charge in [0.1, 0.15) is 10.8 Å². The predicted octanol–water partition coefficient (Wildman–Crippen LogP) is 3.36. The van der Waals surface area contributed by atoms with Crippen molar-refractivity contribution < 1.29 is 22.7 Å². The summed E-state index contributed by atoms with van der Waals surface area (Å²) in [4.78, 5) is 10.9. The molecule has 0 saturated heterocycles. The van der Waals surface area contributed by atoms with Gasteiger partial charge in [-0.15, -0.1) is 0 Å². The molecule has 0 atom stereocenters. The third-order valence-corrected chi connectivity index (χ3v) is 1.77. The summed E-state index contributed by atoms with van der Waals surface area (Å²) < 4.78 is 41.1. The first-order chi connectivity index (χ1) is 7.30. The Labute approximate surface area is 94.3 Å². The van der Waals surface area contributed by atoms with Gasteiger partial charge < -0.3 is 4.74 Å². The van der Waals surface area contributed by atoms with Crippen molar-refractivity contribution in [3.8, 4) is 5.75 Å². The van der Waals surface area contributed by atoms with Crippen LogP contribution in [0.15, 0.2) is 35.9 Å². The number of carbonyl (C=O) groups is 1. The molecule has 1 aromatic rings. The van der Waals surface area contributed by atoms with Crippen molar-refractivity contribution in [2.24, 2.45) is 0 Å². The number of halogens is 4. The number of carbonyl (C=O) groups excluding carboxylic acids is 1. The third-order valence-electron chi connectivity index (χ3n) is 1.61. The second-order valence-electron chi connectivity index (χ2n) is 2.82. The first-order valence-corrected chi connectivity index (χ1v) is 4.42. The van der Waals surface area contributed by atoms with Crippen molar-refractivity contribution in [2.75, 3.05) is 0 Å². The minimum atomic E-state index is -4.42. The topological polar surface area (TPSA) is 26.3 Å². The van der Waals surface area contributed by atoms with Crippen LogP contribution in [0, 0.1) is 0 Å². The first-order valence-electron chi connectivity index (χ1n) is 4.04. The molecule has 0 unspecified atom stereocenters. The molecule has 0 N–H and O–H groups in total. The molecule has 0 radical (unpaired) electrons. The van der Waals surface area contributed by atoms with E-state index in [2.05, 4.69) is 11.3 Å². The van der Waals surface area contributed by atoms with Gasteiger partial charge in [-0.25, -0.2) is 4.79 Å². The van der Waals surface area contributed by atoms with Crippen LogP contribution in [-0.2, 0) is 11.0 Å². The van der Waals surface area contributed by atoms with Gasteiger partial charge >= 0.3 is 12.1 Å². The zero-order valence-electron chi connectivity index (χ0n) is 7.84. The van der Waals surface area contributed by atoms with Crippen LogP contribution in [0.4, 0.5) is 13.2 Å². The van der Waals surface area contributed by atoms with E-state index in [1.165, 1.54) is 0 Å². The monoisotopic (exact) mass is 250 g/mol. The Kier molecular flexibility index (Phi) is 3.59. The van der Waals surface area contributed by atoms with Crippen LogP contribution in [0.5, 0.6) is 5.75 Å². The number of esters is 1. The molecule has 86 valence electrons. The van der Waals surface area contributed by atoms with Gasteiger partial charge in [-0.2, -0.15) is 13.2 Å². The molecule has 1 rings (SSSR count). The van der Waals surface area contributed by atoms with Gasteiger partial charge in [0.25, 0.3) is 0 Å². The van der Waals surface area contributed by atoms with Gasteiger partial charge in [0.05, 0.1) is 5.56 Å². The molecule has 0 aromatic heterocycles. The van der Waals surface area contributed by atoms with Crippen LogP contribution in [0.25, 0.3) is 0 Å². The molecular formula is C10H6ClF3O2. The molecule has 0 heterocycles. The molecule has 0 aliphatic rings. The van der Waals surface area contributed by atoms with E-state index in [-0.39, 0.29) is 10.8 Å². The van der Waals surface area contributed by atoms with Crippen LogP contribution in [0.3, 0.4) is 0 Å². The summed E-state index contributed by atoms with van der Waals surface area (Å²) in [5.41, 5.74) is -0.822. The lowest BCUT2D eigenvalue weighted by Crippen LogP contribution is -2.08. The molecule has 0 amide bonds. The smallest absolute Gasteiger partial charge is 0.416 e. The highest BCUT2D eigenvalue weighted by Gasteiger charge is 2.30. The van der Waals surface area contributed by atoms with Gasteiger partial charge in [-0.05, 0) is 24.3 Å². The fraction of sp³-hybridized carbons (Fsp3) is 0.100. The summed E-state index contributed by atoms with van der Waals surface area (Å²) in [6, 6.07) is 3.67. The lowest BCUT2D eigenvalue weighted by atomic mass is 10.2. The Balaban J connectivity index is 2.80. The van der Waals surface area contributed by atoms with Crippen LogP contribution in [0.2, 0.25) is 0 Å². The highest BCUT2D eigenvalue weighted by molar-refractivity contribution is 6.41. The van der Waals surface area contributed by atoms with Crippen molar-refractivity contribution in [1.29, 1.82) is 0 Å². The Bertz CT molecular complexity index is 409. The molecule has 0 aliphatic heterocycles. The molecule has 0 saturated carbocycles. The summed E-state index contributed by atoms with van der Waals surface area (Å²) >= 11 is 5.23. The summed E-state index contributed by atoms with van der Waals surface area (Å²) in [6.45, 7) is 3.12. The highest BCUT2D eigenvalue weighted by atomic mass is 35.5. The minimum absolute atomic E-state index is 0.0280. The summed E-state index contributed by atoms with van der Waals surface area (Å²) in [6.07, 6.45) is -4.42. The van der Waals surface area contributed by atoms with E-state index in [1.54, 1.807) is 0 Å². The summed E-state index contributed by atoms with van der Waals surface area (Å²) in [7, 11) is 0. The zero-order chi connectivity index (χ0) is 12.3. The number of hydrogen-bond acceptors (Lipinski definition) is 2. The Morgan fingerprint density at radius 2 is 1.75 bits per heavy atom. The Morgan fingerprint density at radius 1 is 1.25 bits per heavy atom. The van der Waals surface area contributed by atoms with Gasteiger partial charge in [-0.3, -0.25) is 0 Å². The fourth-order valence-electron chi connectivity index (χ4n) is 0.874. The highest BCUT2D eigenvalue weighted by Crippen LogP contribution is 2.30. The van der Waals surface area contributed by atoms with Crippen molar-refractivity contribution in [3.05, 3.63) is 41.4 Å². The van der Waals surface area contributed by atoms with E-state index in [0.717, 1.165) is 24.3 Å². The number of ether oxygens (including phenoxy) is 1. The maximum atomic E-state index is 12.2. The average Bonchev–Trinajstić information content (AvgIpc) is 2.17. The van der Waals surface area contributed by atoms with Crippen LogP contribution < -0.4 is 4.74 Å². The molecule has 16 heavy (non-hydrogen) atoms. The van der Waals surface area contributed by atoms with E-state index >= 15 is 0 Å². The van der Waals surface area contributed by atoms with Crippen molar-refractivity contribution >= 4 is 17.6 Å². The van der Waals surface area contributed by atoms with Crippen LogP contribution >= 0.6 is 11.6 Å². The molecule has 1 aromatic carbocycles. The maximum absolute atomic E-state index is 12.2. The van der Waals surface area contributed by atoms with Gasteiger partial charge in [0.15, 0.2) is 0 Å². The van der Waals surface area contributed by atoms with E-state index in [9.17, 15) is 18.0 Å². The second kappa shape index (κ2) is 4.57. The predicted molar refractivity (Wildman–Crippen MR) is 52.1 cm³/mol. The number of hydrogen-bond donors (Lipinski definition) is 0. The molecular weight excluding hydrogens is 245 g/mol. The van der Waals surface area contributed by atoms with E-state index in [4.69, 9.17) is 11.6 Å². The SMILES string of the molecule is C=C(Cl)C(=O)Oc1ccc(C(F)(F)F)cc1. The van der Waals surface area contributed by atoms with Crippen molar-refractivity contribution in [3.63, 3.8) is 0 Å². The molecule has 0 fully saturated rings. The molecule has 2 nitrogen and oxygen atoms in total. The van der Waals surface area contributed by atoms with Gasteiger partial charge in [0.2, 0.25) is 0 Å². The fourth-order valence-corrected chi connectivity index (χ4v) is 0.913. The minimum Gasteiger partial charge on any atom is -0.422 e. The molecule has 0 aliphatic carbocycles. The quantitative estimate of drug-likeness (QED) is 0.457. The Hall–Kier alpha value is -1.49. The Morgan fingerprint density at radius 3 is 2.12 bits per heavy atom. The van der Waals surface area contributed by atoms with E-state index in [1.807, 2.05) is 0 Å². The molecule has 6 heteroatoms. The summed E-state index contributed by atoms with van der Waals surface area (Å²) in [5.74, 6) is -0.929. The molecule has 0 bridgehead atoms. The maximum Gasteiger partial charge on any atom is 0.416 e. The lowest BCUT2D eigenvalue weighted by Gasteiger charge is -2.07. The van der Waals surface area contributed by atoms with Gasteiger partial charge in [-0.1, -0.05) is 18.2 Å². The zero-order valence-corrected chi connectivity index (χ0v) is 8.60. The normalized spacial score (nSPS) is 11.0. The van der Waals surface area contributed by atoms with Crippen LogP contribution in [0.1, 0.15) is 5.56 Å². The summed E-state index contributed by atoms with van der Waals surface area (Å²) in [5, 5.41) is -0.347. The van der Waals surface area contributed by atoms with Gasteiger partial charge in [0, 0.05) is 0 Å². The number of rotatable bonds is 2. The van der Waals surface area contributed by atoms with Crippen molar-refractivity contribution in [1.82, 2.24) is 0 Å². The van der Waals surface area contributed by atoms with E-state index < -0.39 is 17.7 Å². The second-order valence-corrected chi connectivity index (χ2v) is 3.27. The number of alkyl halides is 3. The lowest BCUT2D eigenvalue weighted by molar-refractivity contribution is -0.137.